The maximum Gasteiger partial charge on any atom is 0.334 e. The summed E-state index contributed by atoms with van der Waals surface area (Å²) in [6.45, 7) is 14.7. The van der Waals surface area contributed by atoms with Crippen LogP contribution in [0.1, 0.15) is 55.4 Å². The SMILES string of the molecule is CC(=O)N1C(=O)N(C(C)=O)[C@@H](C(C)(C)C)[C@@H]1C(C)(C)C. The highest BCUT2D eigenvalue weighted by atomic mass is 16.2. The molecule has 1 saturated heterocycles. The number of hydrogen-bond acceptors (Lipinski definition) is 3. The molecule has 0 radical (unpaired) electrons. The monoisotopic (exact) mass is 282 g/mol. The lowest BCUT2D eigenvalue weighted by Gasteiger charge is -2.42. The Hall–Kier alpha value is -1.39. The Labute approximate surface area is 121 Å². The summed E-state index contributed by atoms with van der Waals surface area (Å²) < 4.78 is 0. The van der Waals surface area contributed by atoms with Crippen molar-refractivity contribution < 1.29 is 14.4 Å². The normalized spacial score (nSPS) is 24.3. The lowest BCUT2D eigenvalue weighted by Crippen LogP contribution is -2.53. The minimum Gasteiger partial charge on any atom is -0.275 e. The van der Waals surface area contributed by atoms with E-state index in [1.165, 1.54) is 23.6 Å². The minimum atomic E-state index is -0.496. The molecule has 5 nitrogen and oxygen atoms in total. The number of nitrogens with zero attached hydrogens (tertiary/aromatic N) is 2. The van der Waals surface area contributed by atoms with Gasteiger partial charge in [-0.25, -0.2) is 4.79 Å². The van der Waals surface area contributed by atoms with Gasteiger partial charge in [0.05, 0.1) is 12.1 Å². The largest absolute Gasteiger partial charge is 0.334 e. The van der Waals surface area contributed by atoms with E-state index in [0.29, 0.717) is 0 Å². The molecule has 1 heterocycles. The maximum absolute atomic E-state index is 12.5. The summed E-state index contributed by atoms with van der Waals surface area (Å²) in [5.41, 5.74) is -0.604. The average Bonchev–Trinajstić information content (AvgIpc) is 2.49. The minimum absolute atomic E-state index is 0.302. The van der Waals surface area contributed by atoms with E-state index in [1.54, 1.807) is 0 Å². The molecule has 2 atom stereocenters. The van der Waals surface area contributed by atoms with Crippen LogP contribution in [0.25, 0.3) is 0 Å². The number of hydrogen-bond donors (Lipinski definition) is 0. The molecule has 0 aliphatic carbocycles. The van der Waals surface area contributed by atoms with Crippen molar-refractivity contribution in [1.29, 1.82) is 0 Å². The van der Waals surface area contributed by atoms with Gasteiger partial charge in [0.25, 0.3) is 0 Å². The summed E-state index contributed by atoms with van der Waals surface area (Å²) in [6.07, 6.45) is 0. The van der Waals surface area contributed by atoms with Gasteiger partial charge in [0.2, 0.25) is 11.8 Å². The fourth-order valence-corrected chi connectivity index (χ4v) is 3.02. The van der Waals surface area contributed by atoms with Gasteiger partial charge in [-0.3, -0.25) is 19.4 Å². The Bertz CT molecular complexity index is 403. The van der Waals surface area contributed by atoms with Crippen LogP contribution < -0.4 is 0 Å². The lowest BCUT2D eigenvalue weighted by atomic mass is 9.72. The number of amides is 4. The van der Waals surface area contributed by atoms with Crippen molar-refractivity contribution in [2.24, 2.45) is 10.8 Å². The van der Waals surface area contributed by atoms with Crippen LogP contribution in [0.3, 0.4) is 0 Å². The molecule has 1 aliphatic heterocycles. The van der Waals surface area contributed by atoms with Crippen molar-refractivity contribution >= 4 is 17.8 Å². The summed E-state index contributed by atoms with van der Waals surface area (Å²) in [6, 6.07) is -1.14. The highest BCUT2D eigenvalue weighted by molar-refractivity contribution is 6.03. The second kappa shape index (κ2) is 4.86. The van der Waals surface area contributed by atoms with E-state index < -0.39 is 6.03 Å². The number of rotatable bonds is 0. The zero-order valence-corrected chi connectivity index (χ0v) is 13.8. The fourth-order valence-electron chi connectivity index (χ4n) is 3.02. The molecule has 0 aromatic heterocycles. The Balaban J connectivity index is 3.50. The number of carbonyl (C=O) groups excluding carboxylic acids is 3. The second-order valence-corrected chi connectivity index (χ2v) is 7.68. The van der Waals surface area contributed by atoms with Gasteiger partial charge >= 0.3 is 6.03 Å². The van der Waals surface area contributed by atoms with Crippen molar-refractivity contribution in [3.8, 4) is 0 Å². The molecule has 0 unspecified atom stereocenters. The Kier molecular flexibility index (Phi) is 4.05. The van der Waals surface area contributed by atoms with Gasteiger partial charge in [0.15, 0.2) is 0 Å². The molecule has 0 spiro atoms. The van der Waals surface area contributed by atoms with E-state index in [9.17, 15) is 14.4 Å². The van der Waals surface area contributed by atoms with Crippen molar-refractivity contribution in [1.82, 2.24) is 9.80 Å². The van der Waals surface area contributed by atoms with E-state index in [4.69, 9.17) is 0 Å². The Morgan fingerprint density at radius 2 is 1.05 bits per heavy atom. The van der Waals surface area contributed by atoms with Crippen LogP contribution in [0.5, 0.6) is 0 Å². The molecule has 1 rings (SSSR count). The maximum atomic E-state index is 12.5. The molecule has 20 heavy (non-hydrogen) atoms. The van der Waals surface area contributed by atoms with Crippen molar-refractivity contribution in [2.45, 2.75) is 67.5 Å². The average molecular weight is 282 g/mol. The third-order valence-electron chi connectivity index (χ3n) is 3.72. The molecule has 0 N–H and O–H groups in total. The van der Waals surface area contributed by atoms with Gasteiger partial charge in [-0.15, -0.1) is 0 Å². The smallest absolute Gasteiger partial charge is 0.275 e. The summed E-state index contributed by atoms with van der Waals surface area (Å²) in [7, 11) is 0. The second-order valence-electron chi connectivity index (χ2n) is 7.68. The first-order chi connectivity index (χ1) is 8.80. The van der Waals surface area contributed by atoms with Crippen LogP contribution in [-0.2, 0) is 9.59 Å². The highest BCUT2D eigenvalue weighted by Crippen LogP contribution is 2.42. The first kappa shape index (κ1) is 16.7. The van der Waals surface area contributed by atoms with Gasteiger partial charge in [0.1, 0.15) is 0 Å². The van der Waals surface area contributed by atoms with E-state index in [-0.39, 0.29) is 34.7 Å². The third-order valence-corrected chi connectivity index (χ3v) is 3.72. The zero-order chi connectivity index (χ0) is 16.0. The molecule has 0 aromatic rings. The first-order valence-corrected chi connectivity index (χ1v) is 6.93. The van der Waals surface area contributed by atoms with Crippen molar-refractivity contribution in [3.05, 3.63) is 0 Å². The van der Waals surface area contributed by atoms with Gasteiger partial charge < -0.3 is 0 Å². The van der Waals surface area contributed by atoms with E-state index in [1.807, 2.05) is 41.5 Å². The number of carbonyl (C=O) groups is 3. The summed E-state index contributed by atoms with van der Waals surface area (Å²) >= 11 is 0. The van der Waals surface area contributed by atoms with Crippen LogP contribution >= 0.6 is 0 Å². The molecule has 114 valence electrons. The quantitative estimate of drug-likeness (QED) is 0.686. The van der Waals surface area contributed by atoms with Gasteiger partial charge in [-0.05, 0) is 10.8 Å². The van der Waals surface area contributed by atoms with E-state index >= 15 is 0 Å². The van der Waals surface area contributed by atoms with Crippen LogP contribution in [-0.4, -0.2) is 39.7 Å². The van der Waals surface area contributed by atoms with Crippen molar-refractivity contribution in [2.75, 3.05) is 0 Å². The summed E-state index contributed by atoms with van der Waals surface area (Å²) in [4.78, 5) is 38.9. The molecular formula is C15H26N2O3. The van der Waals surface area contributed by atoms with Crippen molar-refractivity contribution in [3.63, 3.8) is 0 Å². The van der Waals surface area contributed by atoms with Crippen LogP contribution in [0, 0.1) is 10.8 Å². The molecule has 0 saturated carbocycles. The molecule has 5 heteroatoms. The highest BCUT2D eigenvalue weighted by Gasteiger charge is 2.57. The third kappa shape index (κ3) is 2.72. The predicted molar refractivity (Wildman–Crippen MR) is 76.9 cm³/mol. The summed E-state index contributed by atoms with van der Waals surface area (Å²) in [5, 5.41) is 0. The van der Waals surface area contributed by atoms with Gasteiger partial charge in [0, 0.05) is 13.8 Å². The summed E-state index contributed by atoms with van der Waals surface area (Å²) in [5.74, 6) is -0.624. The predicted octanol–water partition coefficient (Wildman–Crippen LogP) is 2.65. The molecule has 1 aliphatic rings. The Morgan fingerprint density at radius 3 is 1.20 bits per heavy atom. The fraction of sp³-hybridized carbons (Fsp3) is 0.800. The van der Waals surface area contributed by atoms with Crippen LogP contribution in [0.2, 0.25) is 0 Å². The number of imide groups is 2. The van der Waals surface area contributed by atoms with E-state index in [0.717, 1.165) is 0 Å². The van der Waals surface area contributed by atoms with Crippen LogP contribution in [0.15, 0.2) is 0 Å². The molecule has 1 fully saturated rings. The first-order valence-electron chi connectivity index (χ1n) is 6.93. The zero-order valence-electron chi connectivity index (χ0n) is 13.8. The van der Waals surface area contributed by atoms with Gasteiger partial charge in [-0.1, -0.05) is 41.5 Å². The molecular weight excluding hydrogens is 256 g/mol. The topological polar surface area (TPSA) is 57.7 Å². The van der Waals surface area contributed by atoms with E-state index in [2.05, 4.69) is 0 Å². The molecule has 4 amide bonds. The molecule has 0 bridgehead atoms. The van der Waals surface area contributed by atoms with Crippen LogP contribution in [0.4, 0.5) is 4.79 Å². The standard InChI is InChI=1S/C15H26N2O3/c1-9(18)16-11(14(3,4)5)12(15(6,7)8)17(10(2)19)13(16)20/h11-12H,1-8H3/t11-,12-/m1/s1. The number of urea groups is 1. The lowest BCUT2D eigenvalue weighted by molar-refractivity contribution is -0.130. The van der Waals surface area contributed by atoms with Gasteiger partial charge in [-0.2, -0.15) is 0 Å². The Morgan fingerprint density at radius 1 is 0.800 bits per heavy atom. The molecule has 0 aromatic carbocycles.